The van der Waals surface area contributed by atoms with Crippen LogP contribution >= 0.6 is 23.2 Å². The first kappa shape index (κ1) is 18.2. The van der Waals surface area contributed by atoms with Crippen LogP contribution in [-0.2, 0) is 4.79 Å². The molecular formula is C16H16Cl2N3O3+. The first-order valence-electron chi connectivity index (χ1n) is 7.19. The van der Waals surface area contributed by atoms with Crippen LogP contribution in [0, 0.1) is 10.1 Å². The molecule has 0 fully saturated rings. The molecule has 8 heteroatoms. The van der Waals surface area contributed by atoms with E-state index in [0.29, 0.717) is 10.7 Å². The van der Waals surface area contributed by atoms with Crippen LogP contribution in [0.15, 0.2) is 42.5 Å². The SMILES string of the molecule is C[C@@H]([NH2+]CC(=O)Nc1ccc([N+](=O)[O-])cc1Cl)c1cccc(Cl)c1. The van der Waals surface area contributed by atoms with E-state index in [4.69, 9.17) is 23.2 Å². The number of rotatable bonds is 6. The lowest BCUT2D eigenvalue weighted by molar-refractivity contribution is -0.682. The van der Waals surface area contributed by atoms with Crippen LogP contribution in [0.1, 0.15) is 18.5 Å². The zero-order valence-electron chi connectivity index (χ0n) is 12.8. The van der Waals surface area contributed by atoms with Crippen molar-refractivity contribution in [1.82, 2.24) is 0 Å². The quantitative estimate of drug-likeness (QED) is 0.606. The maximum Gasteiger partial charge on any atom is 0.279 e. The average Bonchev–Trinajstić information content (AvgIpc) is 2.54. The molecule has 0 aliphatic heterocycles. The highest BCUT2D eigenvalue weighted by atomic mass is 35.5. The number of amides is 1. The minimum absolute atomic E-state index is 0.0572. The van der Waals surface area contributed by atoms with E-state index in [9.17, 15) is 14.9 Å². The Bertz CT molecular complexity index is 768. The number of carbonyl (C=O) groups excluding carboxylic acids is 1. The molecule has 0 saturated carbocycles. The fourth-order valence-electron chi connectivity index (χ4n) is 2.13. The summed E-state index contributed by atoms with van der Waals surface area (Å²) in [6.07, 6.45) is 0. The Morgan fingerprint density at radius 1 is 1.29 bits per heavy atom. The van der Waals surface area contributed by atoms with Crippen LogP contribution in [-0.4, -0.2) is 17.4 Å². The molecule has 1 atom stereocenters. The highest BCUT2D eigenvalue weighted by Crippen LogP contribution is 2.26. The van der Waals surface area contributed by atoms with Crippen LogP contribution in [0.2, 0.25) is 10.0 Å². The van der Waals surface area contributed by atoms with Gasteiger partial charge in [-0.15, -0.1) is 0 Å². The fourth-order valence-corrected chi connectivity index (χ4v) is 2.55. The molecule has 0 aromatic heterocycles. The monoisotopic (exact) mass is 368 g/mol. The zero-order chi connectivity index (χ0) is 17.7. The summed E-state index contributed by atoms with van der Waals surface area (Å²) in [6, 6.07) is 11.4. The molecule has 0 saturated heterocycles. The second-order valence-electron chi connectivity index (χ2n) is 5.25. The van der Waals surface area contributed by atoms with E-state index in [2.05, 4.69) is 5.32 Å². The molecule has 0 unspecified atom stereocenters. The van der Waals surface area contributed by atoms with E-state index < -0.39 is 4.92 Å². The molecule has 3 N–H and O–H groups in total. The third kappa shape index (κ3) is 4.92. The Morgan fingerprint density at radius 3 is 2.67 bits per heavy atom. The molecule has 1 amide bonds. The summed E-state index contributed by atoms with van der Waals surface area (Å²) in [7, 11) is 0. The third-order valence-electron chi connectivity index (χ3n) is 3.47. The highest BCUT2D eigenvalue weighted by Gasteiger charge is 2.14. The van der Waals surface area contributed by atoms with Crippen molar-refractivity contribution in [3.05, 3.63) is 68.2 Å². The summed E-state index contributed by atoms with van der Waals surface area (Å²) in [6.45, 7) is 2.15. The van der Waals surface area contributed by atoms with Gasteiger partial charge in [0.15, 0.2) is 6.54 Å². The summed E-state index contributed by atoms with van der Waals surface area (Å²) in [5.41, 5.74) is 1.24. The molecule has 2 aromatic rings. The molecule has 0 spiro atoms. The van der Waals surface area contributed by atoms with E-state index in [1.54, 1.807) is 6.07 Å². The van der Waals surface area contributed by atoms with Gasteiger partial charge in [-0.1, -0.05) is 35.3 Å². The molecule has 0 heterocycles. The summed E-state index contributed by atoms with van der Waals surface area (Å²) >= 11 is 11.9. The summed E-state index contributed by atoms with van der Waals surface area (Å²) in [5, 5.41) is 15.9. The van der Waals surface area contributed by atoms with Gasteiger partial charge in [0.1, 0.15) is 6.04 Å². The Hall–Kier alpha value is -2.15. The fraction of sp³-hybridized carbons (Fsp3) is 0.188. The number of quaternary nitrogens is 1. The van der Waals surface area contributed by atoms with E-state index >= 15 is 0 Å². The van der Waals surface area contributed by atoms with Gasteiger partial charge < -0.3 is 10.6 Å². The second kappa shape index (κ2) is 8.10. The normalized spacial score (nSPS) is 11.8. The number of hydrogen-bond acceptors (Lipinski definition) is 3. The number of nitro benzene ring substituents is 1. The molecular weight excluding hydrogens is 353 g/mol. The topological polar surface area (TPSA) is 88.8 Å². The standard InChI is InChI=1S/C16H15Cl2N3O3/c1-10(11-3-2-4-12(17)7-11)19-9-16(22)20-15-6-5-13(21(23)24)8-14(15)18/h2-8,10,19H,9H2,1H3,(H,20,22)/p+1/t10-/m1/s1. The Kier molecular flexibility index (Phi) is 6.14. The van der Waals surface area contributed by atoms with E-state index in [0.717, 1.165) is 5.56 Å². The number of halogens is 2. The summed E-state index contributed by atoms with van der Waals surface area (Å²) < 4.78 is 0. The number of hydrogen-bond donors (Lipinski definition) is 2. The Labute approximate surface area is 148 Å². The van der Waals surface area contributed by atoms with Gasteiger partial charge >= 0.3 is 0 Å². The van der Waals surface area contributed by atoms with Gasteiger partial charge in [0.05, 0.1) is 15.6 Å². The maximum atomic E-state index is 12.0. The molecule has 126 valence electrons. The zero-order valence-corrected chi connectivity index (χ0v) is 14.3. The number of non-ortho nitro benzene ring substituents is 1. The lowest BCUT2D eigenvalue weighted by Gasteiger charge is -2.12. The van der Waals surface area contributed by atoms with Crippen LogP contribution in [0.5, 0.6) is 0 Å². The largest absolute Gasteiger partial charge is 0.333 e. The van der Waals surface area contributed by atoms with Crippen molar-refractivity contribution in [2.75, 3.05) is 11.9 Å². The molecule has 0 aliphatic carbocycles. The number of nitro groups is 1. The molecule has 6 nitrogen and oxygen atoms in total. The van der Waals surface area contributed by atoms with E-state index in [-0.39, 0.29) is 29.2 Å². The second-order valence-corrected chi connectivity index (χ2v) is 6.10. The minimum Gasteiger partial charge on any atom is -0.333 e. The van der Waals surface area contributed by atoms with E-state index in [1.165, 1.54) is 18.2 Å². The van der Waals surface area contributed by atoms with Crippen molar-refractivity contribution >= 4 is 40.5 Å². The average molecular weight is 369 g/mol. The molecule has 0 aliphatic rings. The smallest absolute Gasteiger partial charge is 0.279 e. The van der Waals surface area contributed by atoms with Gasteiger partial charge in [0.25, 0.3) is 11.6 Å². The maximum absolute atomic E-state index is 12.0. The van der Waals surface area contributed by atoms with Gasteiger partial charge in [-0.3, -0.25) is 14.9 Å². The predicted octanol–water partition coefficient (Wildman–Crippen LogP) is 3.16. The molecule has 0 bridgehead atoms. The number of nitrogens with one attached hydrogen (secondary N) is 1. The number of nitrogens with zero attached hydrogens (tertiary/aromatic N) is 1. The molecule has 24 heavy (non-hydrogen) atoms. The molecule has 2 aromatic carbocycles. The van der Waals surface area contributed by atoms with Gasteiger partial charge in [0.2, 0.25) is 0 Å². The Balaban J connectivity index is 1.93. The van der Waals surface area contributed by atoms with Crippen LogP contribution in [0.25, 0.3) is 0 Å². The van der Waals surface area contributed by atoms with Crippen LogP contribution in [0.4, 0.5) is 11.4 Å². The predicted molar refractivity (Wildman–Crippen MR) is 93.4 cm³/mol. The summed E-state index contributed by atoms with van der Waals surface area (Å²) in [4.78, 5) is 22.1. The van der Waals surface area contributed by atoms with Gasteiger partial charge in [-0.25, -0.2) is 0 Å². The van der Waals surface area contributed by atoms with Gasteiger partial charge in [-0.2, -0.15) is 0 Å². The first-order chi connectivity index (χ1) is 11.4. The van der Waals surface area contributed by atoms with Gasteiger partial charge in [0, 0.05) is 22.7 Å². The number of benzene rings is 2. The van der Waals surface area contributed by atoms with Crippen LogP contribution < -0.4 is 10.6 Å². The molecule has 0 radical (unpaired) electrons. The van der Waals surface area contributed by atoms with Crippen molar-refractivity contribution in [2.24, 2.45) is 0 Å². The lowest BCUT2D eigenvalue weighted by Crippen LogP contribution is -2.86. The first-order valence-corrected chi connectivity index (χ1v) is 7.95. The van der Waals surface area contributed by atoms with Crippen LogP contribution in [0.3, 0.4) is 0 Å². The van der Waals surface area contributed by atoms with Crippen molar-refractivity contribution in [2.45, 2.75) is 13.0 Å². The van der Waals surface area contributed by atoms with Crippen molar-refractivity contribution in [3.63, 3.8) is 0 Å². The number of anilines is 1. The molecule has 2 rings (SSSR count). The van der Waals surface area contributed by atoms with Gasteiger partial charge in [-0.05, 0) is 25.1 Å². The van der Waals surface area contributed by atoms with Crippen molar-refractivity contribution < 1.29 is 15.0 Å². The highest BCUT2D eigenvalue weighted by molar-refractivity contribution is 6.34. The summed E-state index contributed by atoms with van der Waals surface area (Å²) in [5.74, 6) is -0.250. The Morgan fingerprint density at radius 2 is 2.04 bits per heavy atom. The minimum atomic E-state index is -0.544. The number of nitrogens with two attached hydrogens (primary N) is 1. The third-order valence-corrected chi connectivity index (χ3v) is 4.02. The van der Waals surface area contributed by atoms with E-state index in [1.807, 2.05) is 30.4 Å². The van der Waals surface area contributed by atoms with Crippen molar-refractivity contribution in [1.29, 1.82) is 0 Å². The number of carbonyl (C=O) groups is 1. The van der Waals surface area contributed by atoms with Crippen molar-refractivity contribution in [3.8, 4) is 0 Å². The lowest BCUT2D eigenvalue weighted by atomic mass is 10.1.